The molecule has 2 aromatic heterocycles. The Hall–Kier alpha value is -2.63. The Kier molecular flexibility index (Phi) is 4.19. The number of carbonyl (C=O) groups excluding carboxylic acids is 1. The number of anilines is 1. The summed E-state index contributed by atoms with van der Waals surface area (Å²) in [5.74, 6) is 1.02. The minimum Gasteiger partial charge on any atom is -0.450 e. The van der Waals surface area contributed by atoms with Crippen molar-refractivity contribution in [2.24, 2.45) is 0 Å². The lowest BCUT2D eigenvalue weighted by atomic mass is 10.2. The van der Waals surface area contributed by atoms with Gasteiger partial charge in [0.05, 0.1) is 0 Å². The first kappa shape index (κ1) is 16.5. The van der Waals surface area contributed by atoms with Crippen LogP contribution in [0.15, 0.2) is 28.7 Å². The Morgan fingerprint density at radius 2 is 1.59 bits per heavy atom. The molecule has 6 heteroatoms. The molecule has 2 saturated heterocycles. The number of likely N-dealkylation sites (tertiary alicyclic amines) is 1. The van der Waals surface area contributed by atoms with E-state index in [4.69, 9.17) is 9.40 Å². The third-order valence-electron chi connectivity index (χ3n) is 5.69. The molecule has 0 unspecified atom stereocenters. The highest BCUT2D eigenvalue weighted by molar-refractivity contribution is 6.07. The molecule has 27 heavy (non-hydrogen) atoms. The van der Waals surface area contributed by atoms with Crippen LogP contribution in [0.4, 0.5) is 5.82 Å². The highest BCUT2D eigenvalue weighted by Crippen LogP contribution is 2.34. The van der Waals surface area contributed by atoms with Gasteiger partial charge in [-0.3, -0.25) is 4.79 Å². The molecule has 2 aliphatic heterocycles. The minimum atomic E-state index is -0.0514. The summed E-state index contributed by atoms with van der Waals surface area (Å²) < 4.78 is 6.10. The molecule has 2 fully saturated rings. The molecule has 2 aliphatic rings. The predicted molar refractivity (Wildman–Crippen MR) is 105 cm³/mol. The third kappa shape index (κ3) is 2.93. The molecule has 0 aliphatic carbocycles. The lowest BCUT2D eigenvalue weighted by molar-refractivity contribution is 0.0750. The van der Waals surface area contributed by atoms with Crippen molar-refractivity contribution in [1.82, 2.24) is 14.9 Å². The van der Waals surface area contributed by atoms with Crippen molar-refractivity contribution in [3.05, 3.63) is 30.1 Å². The number of para-hydroxylation sites is 1. The van der Waals surface area contributed by atoms with Crippen LogP contribution in [0.5, 0.6) is 0 Å². The average Bonchev–Trinajstić information content (AvgIpc) is 3.27. The van der Waals surface area contributed by atoms with Gasteiger partial charge in [-0.15, -0.1) is 0 Å². The maximum atomic E-state index is 13.2. The molecule has 0 saturated carbocycles. The molecule has 1 amide bonds. The first-order valence-electron chi connectivity index (χ1n) is 10.0. The molecule has 0 atom stereocenters. The quantitative estimate of drug-likeness (QED) is 0.688. The van der Waals surface area contributed by atoms with Crippen LogP contribution < -0.4 is 4.90 Å². The van der Waals surface area contributed by atoms with E-state index in [1.165, 1.54) is 12.8 Å². The smallest absolute Gasteiger partial charge is 0.291 e. The van der Waals surface area contributed by atoms with Crippen LogP contribution in [0, 0.1) is 0 Å². The average molecular weight is 364 g/mol. The fourth-order valence-electron chi connectivity index (χ4n) is 4.23. The van der Waals surface area contributed by atoms with E-state index in [-0.39, 0.29) is 5.91 Å². The first-order chi connectivity index (χ1) is 13.3. The van der Waals surface area contributed by atoms with E-state index >= 15 is 0 Å². The van der Waals surface area contributed by atoms with Gasteiger partial charge >= 0.3 is 0 Å². The summed E-state index contributed by atoms with van der Waals surface area (Å²) in [6.45, 7) is 3.48. The van der Waals surface area contributed by atoms with E-state index in [0.717, 1.165) is 74.2 Å². The van der Waals surface area contributed by atoms with Gasteiger partial charge in [-0.05, 0) is 37.8 Å². The standard InChI is InChI=1S/C21H24N4O2/c26-21(25-13-5-1-2-6-14-25)19-22-17-15-9-3-4-10-16(15)27-18(17)20(23-19)24-11-7-8-12-24/h3-4,9-10H,1-2,5-8,11-14H2. The van der Waals surface area contributed by atoms with E-state index in [9.17, 15) is 4.79 Å². The van der Waals surface area contributed by atoms with Crippen molar-refractivity contribution in [3.63, 3.8) is 0 Å². The number of hydrogen-bond donors (Lipinski definition) is 0. The van der Waals surface area contributed by atoms with Crippen molar-refractivity contribution in [2.75, 3.05) is 31.1 Å². The normalized spacial score (nSPS) is 18.4. The Morgan fingerprint density at radius 1 is 0.889 bits per heavy atom. The van der Waals surface area contributed by atoms with Crippen LogP contribution in [0.1, 0.15) is 49.1 Å². The largest absolute Gasteiger partial charge is 0.450 e. The minimum absolute atomic E-state index is 0.0514. The fraction of sp³-hybridized carbons (Fsp3) is 0.476. The number of amides is 1. The number of furan rings is 1. The van der Waals surface area contributed by atoms with Crippen LogP contribution in [-0.2, 0) is 0 Å². The van der Waals surface area contributed by atoms with Crippen LogP contribution in [0.2, 0.25) is 0 Å². The second-order valence-corrected chi connectivity index (χ2v) is 7.55. The Labute approximate surface area is 158 Å². The van der Waals surface area contributed by atoms with Gasteiger partial charge in [0.2, 0.25) is 5.82 Å². The van der Waals surface area contributed by atoms with E-state index < -0.39 is 0 Å². The monoisotopic (exact) mass is 364 g/mol. The van der Waals surface area contributed by atoms with Crippen LogP contribution in [-0.4, -0.2) is 47.0 Å². The van der Waals surface area contributed by atoms with Gasteiger partial charge in [0.15, 0.2) is 11.4 Å². The van der Waals surface area contributed by atoms with Crippen LogP contribution >= 0.6 is 0 Å². The highest BCUT2D eigenvalue weighted by atomic mass is 16.3. The molecule has 0 N–H and O–H groups in total. The van der Waals surface area contributed by atoms with E-state index in [1.807, 2.05) is 29.2 Å². The third-order valence-corrected chi connectivity index (χ3v) is 5.69. The zero-order valence-corrected chi connectivity index (χ0v) is 15.5. The van der Waals surface area contributed by atoms with Gasteiger partial charge < -0.3 is 14.2 Å². The number of aromatic nitrogens is 2. The number of rotatable bonds is 2. The van der Waals surface area contributed by atoms with Gasteiger partial charge in [0.25, 0.3) is 5.91 Å². The molecule has 0 bridgehead atoms. The first-order valence-corrected chi connectivity index (χ1v) is 10.0. The number of benzene rings is 1. The predicted octanol–water partition coefficient (Wildman–Crippen LogP) is 3.99. The molecule has 0 spiro atoms. The summed E-state index contributed by atoms with van der Waals surface area (Å²) in [6.07, 6.45) is 6.77. The molecule has 1 aromatic carbocycles. The van der Waals surface area contributed by atoms with Gasteiger partial charge in [-0.1, -0.05) is 25.0 Å². The van der Waals surface area contributed by atoms with Gasteiger partial charge in [0, 0.05) is 31.6 Å². The number of fused-ring (bicyclic) bond motifs is 3. The second kappa shape index (κ2) is 6.83. The van der Waals surface area contributed by atoms with Crippen LogP contribution in [0.3, 0.4) is 0 Å². The lowest BCUT2D eigenvalue weighted by Gasteiger charge is -2.21. The number of nitrogens with zero attached hydrogens (tertiary/aromatic N) is 4. The molecule has 5 rings (SSSR count). The van der Waals surface area contributed by atoms with Crippen molar-refractivity contribution >= 4 is 33.8 Å². The maximum Gasteiger partial charge on any atom is 0.291 e. The van der Waals surface area contributed by atoms with E-state index in [0.29, 0.717) is 11.4 Å². The number of carbonyl (C=O) groups is 1. The molecule has 3 aromatic rings. The van der Waals surface area contributed by atoms with Crippen molar-refractivity contribution in [2.45, 2.75) is 38.5 Å². The van der Waals surface area contributed by atoms with Gasteiger partial charge in [0.1, 0.15) is 11.1 Å². The summed E-state index contributed by atoms with van der Waals surface area (Å²) in [5, 5.41) is 0.945. The van der Waals surface area contributed by atoms with E-state index in [1.54, 1.807) is 0 Å². The fourth-order valence-corrected chi connectivity index (χ4v) is 4.23. The molecule has 6 nitrogen and oxygen atoms in total. The summed E-state index contributed by atoms with van der Waals surface area (Å²) in [6, 6.07) is 7.88. The topological polar surface area (TPSA) is 62.5 Å². The zero-order chi connectivity index (χ0) is 18.2. The summed E-state index contributed by atoms with van der Waals surface area (Å²) >= 11 is 0. The molecular weight excluding hydrogens is 340 g/mol. The van der Waals surface area contributed by atoms with E-state index in [2.05, 4.69) is 9.88 Å². The summed E-state index contributed by atoms with van der Waals surface area (Å²) in [4.78, 5) is 26.7. The Morgan fingerprint density at radius 3 is 2.37 bits per heavy atom. The van der Waals surface area contributed by atoms with Crippen molar-refractivity contribution < 1.29 is 9.21 Å². The molecule has 0 radical (unpaired) electrons. The summed E-state index contributed by atoms with van der Waals surface area (Å²) in [7, 11) is 0. The number of hydrogen-bond acceptors (Lipinski definition) is 5. The van der Waals surface area contributed by atoms with Crippen LogP contribution in [0.25, 0.3) is 22.1 Å². The lowest BCUT2D eigenvalue weighted by Crippen LogP contribution is -2.33. The van der Waals surface area contributed by atoms with Crippen molar-refractivity contribution in [1.29, 1.82) is 0 Å². The van der Waals surface area contributed by atoms with Gasteiger partial charge in [-0.25, -0.2) is 9.97 Å². The van der Waals surface area contributed by atoms with Crippen molar-refractivity contribution in [3.8, 4) is 0 Å². The molecule has 140 valence electrons. The Balaban J connectivity index is 1.65. The maximum absolute atomic E-state index is 13.2. The Bertz CT molecular complexity index is 982. The zero-order valence-electron chi connectivity index (χ0n) is 15.5. The summed E-state index contributed by atoms with van der Waals surface area (Å²) in [5.41, 5.74) is 2.24. The second-order valence-electron chi connectivity index (χ2n) is 7.55. The molecular formula is C21H24N4O2. The molecule has 4 heterocycles. The SMILES string of the molecule is O=C(c1nc(N2CCCC2)c2oc3ccccc3c2n1)N1CCCCCC1. The van der Waals surface area contributed by atoms with Gasteiger partial charge in [-0.2, -0.15) is 0 Å². The highest BCUT2D eigenvalue weighted by Gasteiger charge is 2.26.